The Labute approximate surface area is 222 Å². The third-order valence-corrected chi connectivity index (χ3v) is 7.21. The lowest BCUT2D eigenvalue weighted by Crippen LogP contribution is -2.26. The maximum atomic E-state index is 12.9. The Kier molecular flexibility index (Phi) is 9.25. The van der Waals surface area contributed by atoms with Gasteiger partial charge in [-0.25, -0.2) is 13.2 Å². The Morgan fingerprint density at radius 3 is 2.00 bits per heavy atom. The highest BCUT2D eigenvalue weighted by atomic mass is 79.9. The number of rotatable bonds is 10. The summed E-state index contributed by atoms with van der Waals surface area (Å²) in [5.41, 5.74) is 1.42. The molecule has 0 radical (unpaired) electrons. The summed E-state index contributed by atoms with van der Waals surface area (Å²) in [6.45, 7) is 0.463. The second-order valence-corrected chi connectivity index (χ2v) is 10.6. The van der Waals surface area contributed by atoms with Crippen LogP contribution in [0.4, 0.5) is 17.1 Å². The van der Waals surface area contributed by atoms with Crippen LogP contribution in [0, 0.1) is 0 Å². The highest BCUT2D eigenvalue weighted by molar-refractivity contribution is 9.10. The molecule has 12 heteroatoms. The Balaban J connectivity index is 1.49. The first kappa shape index (κ1) is 27.7. The molecule has 0 aliphatic carbocycles. The number of halogens is 1. The molecule has 0 spiro atoms. The monoisotopic (exact) mass is 589 g/mol. The predicted octanol–water partition coefficient (Wildman–Crippen LogP) is 3.79. The molecule has 37 heavy (non-hydrogen) atoms. The van der Waals surface area contributed by atoms with E-state index in [4.69, 9.17) is 9.47 Å². The minimum atomic E-state index is -3.85. The van der Waals surface area contributed by atoms with Gasteiger partial charge >= 0.3 is 5.97 Å². The first-order valence-corrected chi connectivity index (χ1v) is 13.1. The molecule has 3 aromatic carbocycles. The van der Waals surface area contributed by atoms with E-state index in [0.717, 1.165) is 8.78 Å². The molecule has 0 unspecified atom stereocenters. The third-order valence-electron chi connectivity index (χ3n) is 4.88. The summed E-state index contributed by atoms with van der Waals surface area (Å²) in [5, 5.41) is 5.18. The Morgan fingerprint density at radius 1 is 0.838 bits per heavy atom. The van der Waals surface area contributed by atoms with Crippen molar-refractivity contribution in [2.45, 2.75) is 11.8 Å². The molecular formula is C25H24BrN3O7S. The van der Waals surface area contributed by atoms with Crippen LogP contribution >= 0.6 is 15.9 Å². The van der Waals surface area contributed by atoms with E-state index in [1.54, 1.807) is 24.3 Å². The smallest absolute Gasteiger partial charge is 0.344 e. The van der Waals surface area contributed by atoms with E-state index >= 15 is 0 Å². The quantitative estimate of drug-likeness (QED) is 0.344. The lowest BCUT2D eigenvalue weighted by Gasteiger charge is -2.20. The minimum absolute atomic E-state index is 0.0522. The number of hydrogen-bond donors (Lipinski definition) is 2. The fourth-order valence-corrected chi connectivity index (χ4v) is 4.48. The van der Waals surface area contributed by atoms with Gasteiger partial charge in [-0.3, -0.25) is 13.9 Å². The van der Waals surface area contributed by atoms with Crippen molar-refractivity contribution in [2.24, 2.45) is 0 Å². The molecule has 194 valence electrons. The van der Waals surface area contributed by atoms with E-state index < -0.39 is 35.1 Å². The number of amides is 2. The van der Waals surface area contributed by atoms with E-state index in [0.29, 0.717) is 22.8 Å². The van der Waals surface area contributed by atoms with E-state index in [9.17, 15) is 22.8 Å². The molecule has 0 saturated heterocycles. The molecule has 0 bridgehead atoms. The molecule has 3 rings (SSSR count). The fraction of sp³-hybridized carbons (Fsp3) is 0.160. The van der Waals surface area contributed by atoms with Gasteiger partial charge in [0.05, 0.1) is 10.6 Å². The van der Waals surface area contributed by atoms with Gasteiger partial charge < -0.3 is 20.1 Å². The Hall–Kier alpha value is -3.90. The molecule has 0 aromatic heterocycles. The third kappa shape index (κ3) is 8.05. The molecule has 3 aromatic rings. The minimum Gasteiger partial charge on any atom is -0.482 e. The number of carbonyl (C=O) groups is 3. The maximum absolute atomic E-state index is 12.9. The molecule has 2 N–H and O–H groups in total. The predicted molar refractivity (Wildman–Crippen MR) is 142 cm³/mol. The topological polar surface area (TPSA) is 131 Å². The normalized spacial score (nSPS) is 10.8. The second-order valence-electron chi connectivity index (χ2n) is 7.68. The molecule has 0 aliphatic rings. The van der Waals surface area contributed by atoms with Crippen LogP contribution in [0.3, 0.4) is 0 Å². The van der Waals surface area contributed by atoms with Crippen molar-refractivity contribution in [3.8, 4) is 5.75 Å². The van der Waals surface area contributed by atoms with Gasteiger partial charge in [-0.15, -0.1) is 0 Å². The average molecular weight is 590 g/mol. The summed E-state index contributed by atoms with van der Waals surface area (Å²) < 4.78 is 38.1. The number of esters is 1. The standard InChI is InChI=1S/C25H24BrN3O7S/c1-17(30)27-19-7-13-23(14-8-19)37(33,34)29(2)21-9-11-22(12-10-21)35-16-25(32)36-15-24(31)28-20-5-3-18(26)4-6-20/h3-14H,15-16H2,1-2H3,(H,27,30)(H,28,31). The molecule has 10 nitrogen and oxygen atoms in total. The second kappa shape index (κ2) is 12.4. The fourth-order valence-electron chi connectivity index (χ4n) is 3.02. The number of nitrogens with zero attached hydrogens (tertiary/aromatic N) is 1. The Bertz CT molecular complexity index is 1360. The van der Waals surface area contributed by atoms with Gasteiger partial charge in [-0.05, 0) is 72.8 Å². The first-order chi connectivity index (χ1) is 17.5. The van der Waals surface area contributed by atoms with Crippen LogP contribution in [0.25, 0.3) is 0 Å². The van der Waals surface area contributed by atoms with Gasteiger partial charge in [-0.2, -0.15) is 0 Å². The molecule has 2 amide bonds. The van der Waals surface area contributed by atoms with Crippen LogP contribution < -0.4 is 19.7 Å². The summed E-state index contributed by atoms with van der Waals surface area (Å²) in [6.07, 6.45) is 0. The molecule has 0 heterocycles. The van der Waals surface area contributed by atoms with Crippen molar-refractivity contribution in [1.82, 2.24) is 0 Å². The average Bonchev–Trinajstić information content (AvgIpc) is 2.87. The zero-order valence-corrected chi connectivity index (χ0v) is 22.3. The van der Waals surface area contributed by atoms with Gasteiger partial charge in [-0.1, -0.05) is 15.9 Å². The lowest BCUT2D eigenvalue weighted by molar-refractivity contribution is -0.149. The highest BCUT2D eigenvalue weighted by Gasteiger charge is 2.21. The van der Waals surface area contributed by atoms with Crippen molar-refractivity contribution < 1.29 is 32.3 Å². The number of benzene rings is 3. The van der Waals surface area contributed by atoms with Crippen LogP contribution in [-0.4, -0.2) is 46.5 Å². The van der Waals surface area contributed by atoms with Crippen LogP contribution in [0.2, 0.25) is 0 Å². The molecular weight excluding hydrogens is 566 g/mol. The van der Waals surface area contributed by atoms with E-state index in [1.165, 1.54) is 62.5 Å². The largest absolute Gasteiger partial charge is 0.482 e. The molecule has 0 fully saturated rings. The lowest BCUT2D eigenvalue weighted by atomic mass is 10.3. The van der Waals surface area contributed by atoms with Gasteiger partial charge in [0.2, 0.25) is 5.91 Å². The number of nitrogens with one attached hydrogen (secondary N) is 2. The summed E-state index contributed by atoms with van der Waals surface area (Å²) in [5.74, 6) is -1.18. The number of hydrogen-bond acceptors (Lipinski definition) is 7. The van der Waals surface area contributed by atoms with Crippen molar-refractivity contribution >= 4 is 60.8 Å². The van der Waals surface area contributed by atoms with Crippen LogP contribution in [0.1, 0.15) is 6.92 Å². The van der Waals surface area contributed by atoms with Crippen LogP contribution in [0.15, 0.2) is 82.2 Å². The van der Waals surface area contributed by atoms with Crippen LogP contribution in [0.5, 0.6) is 5.75 Å². The van der Waals surface area contributed by atoms with E-state index in [1.807, 2.05) is 0 Å². The van der Waals surface area contributed by atoms with Gasteiger partial charge in [0.15, 0.2) is 13.2 Å². The van der Waals surface area contributed by atoms with E-state index in [-0.39, 0.29) is 10.8 Å². The first-order valence-electron chi connectivity index (χ1n) is 10.8. The highest BCUT2D eigenvalue weighted by Crippen LogP contribution is 2.25. The SMILES string of the molecule is CC(=O)Nc1ccc(S(=O)(=O)N(C)c2ccc(OCC(=O)OCC(=O)Nc3ccc(Br)cc3)cc2)cc1. The van der Waals surface area contributed by atoms with Gasteiger partial charge in [0, 0.05) is 29.8 Å². The van der Waals surface area contributed by atoms with E-state index in [2.05, 4.69) is 26.6 Å². The molecule has 0 aliphatic heterocycles. The van der Waals surface area contributed by atoms with Crippen molar-refractivity contribution in [3.63, 3.8) is 0 Å². The number of carbonyl (C=O) groups excluding carboxylic acids is 3. The number of anilines is 3. The van der Waals surface area contributed by atoms with Crippen LogP contribution in [-0.2, 0) is 29.1 Å². The zero-order valence-electron chi connectivity index (χ0n) is 19.9. The zero-order chi connectivity index (χ0) is 27.0. The summed E-state index contributed by atoms with van der Waals surface area (Å²) in [6, 6.07) is 18.8. The van der Waals surface area contributed by atoms with Crippen molar-refractivity contribution in [1.29, 1.82) is 0 Å². The molecule has 0 saturated carbocycles. The Morgan fingerprint density at radius 2 is 1.41 bits per heavy atom. The summed E-state index contributed by atoms with van der Waals surface area (Å²) >= 11 is 3.30. The van der Waals surface area contributed by atoms with Gasteiger partial charge in [0.1, 0.15) is 5.75 Å². The van der Waals surface area contributed by atoms with Crippen molar-refractivity contribution in [2.75, 3.05) is 35.2 Å². The molecule has 0 atom stereocenters. The number of ether oxygens (including phenoxy) is 2. The summed E-state index contributed by atoms with van der Waals surface area (Å²) in [4.78, 5) is 35.0. The summed E-state index contributed by atoms with van der Waals surface area (Å²) in [7, 11) is -2.44. The van der Waals surface area contributed by atoms with Gasteiger partial charge in [0.25, 0.3) is 15.9 Å². The number of sulfonamides is 1. The maximum Gasteiger partial charge on any atom is 0.344 e. The van der Waals surface area contributed by atoms with Crippen molar-refractivity contribution in [3.05, 3.63) is 77.3 Å².